The molecule has 5 heteroatoms. The highest BCUT2D eigenvalue weighted by molar-refractivity contribution is 6.60. The molecule has 1 unspecified atom stereocenters. The second kappa shape index (κ2) is 8.94. The van der Waals surface area contributed by atoms with E-state index in [9.17, 15) is 0 Å². The molecule has 1 aliphatic rings. The molecule has 1 heterocycles. The summed E-state index contributed by atoms with van der Waals surface area (Å²) in [4.78, 5) is 2.60. The normalized spacial score (nSPS) is 19.4. The molecule has 0 bridgehead atoms. The van der Waals surface area contributed by atoms with Crippen molar-refractivity contribution in [2.45, 2.75) is 38.1 Å². The van der Waals surface area contributed by atoms with Gasteiger partial charge in [0, 0.05) is 33.9 Å². The van der Waals surface area contributed by atoms with Crippen molar-refractivity contribution in [1.29, 1.82) is 0 Å². The van der Waals surface area contributed by atoms with Crippen LogP contribution in [0.25, 0.3) is 0 Å². The van der Waals surface area contributed by atoms with Crippen LogP contribution in [0.5, 0.6) is 0 Å². The minimum Gasteiger partial charge on any atom is -0.377 e. The summed E-state index contributed by atoms with van der Waals surface area (Å²) in [7, 11) is 2.45. The van der Waals surface area contributed by atoms with Crippen molar-refractivity contribution in [2.24, 2.45) is 0 Å². The lowest BCUT2D eigenvalue weighted by molar-refractivity contribution is 0.122. The standard InChI is InChI=1S/C18H31NO3Si/c1-5-6-12-19-13-11-18(14-19)17-9-7-16(8-10-17)15-23(20-2,21-3)22-4/h7-10,18H,5-6,11-15H2,1-4H3. The van der Waals surface area contributed by atoms with Crippen LogP contribution in [-0.4, -0.2) is 54.7 Å². The highest BCUT2D eigenvalue weighted by Gasteiger charge is 2.38. The van der Waals surface area contributed by atoms with E-state index in [0.29, 0.717) is 12.0 Å². The number of hydrogen-bond donors (Lipinski definition) is 0. The second-order valence-electron chi connectivity index (χ2n) is 6.35. The molecule has 23 heavy (non-hydrogen) atoms. The molecule has 1 aromatic carbocycles. The Morgan fingerprint density at radius 1 is 1.09 bits per heavy atom. The molecule has 0 radical (unpaired) electrons. The molecule has 130 valence electrons. The van der Waals surface area contributed by atoms with E-state index in [-0.39, 0.29) is 0 Å². The van der Waals surface area contributed by atoms with Crippen LogP contribution in [0.2, 0.25) is 0 Å². The van der Waals surface area contributed by atoms with E-state index in [4.69, 9.17) is 13.3 Å². The summed E-state index contributed by atoms with van der Waals surface area (Å²) in [5, 5.41) is 0. The first kappa shape index (κ1) is 18.6. The molecule has 1 fully saturated rings. The zero-order chi connectivity index (χ0) is 16.7. The van der Waals surface area contributed by atoms with Crippen LogP contribution in [0.1, 0.15) is 43.2 Å². The van der Waals surface area contributed by atoms with Gasteiger partial charge in [-0.1, -0.05) is 37.6 Å². The molecule has 1 aliphatic heterocycles. The summed E-state index contributed by atoms with van der Waals surface area (Å²) < 4.78 is 16.5. The molecule has 0 N–H and O–H groups in total. The lowest BCUT2D eigenvalue weighted by atomic mass is 9.97. The highest BCUT2D eigenvalue weighted by Crippen LogP contribution is 2.28. The fourth-order valence-electron chi connectivity index (χ4n) is 3.31. The van der Waals surface area contributed by atoms with E-state index in [1.807, 2.05) is 0 Å². The maximum Gasteiger partial charge on any atom is 0.504 e. The molecule has 2 rings (SSSR count). The molecular formula is C18H31NO3Si. The molecule has 1 aromatic rings. The van der Waals surface area contributed by atoms with Crippen molar-refractivity contribution in [3.05, 3.63) is 35.4 Å². The fourth-order valence-corrected chi connectivity index (χ4v) is 4.98. The van der Waals surface area contributed by atoms with Crippen molar-refractivity contribution < 1.29 is 13.3 Å². The van der Waals surface area contributed by atoms with E-state index in [0.717, 1.165) is 0 Å². The van der Waals surface area contributed by atoms with Gasteiger partial charge in [-0.2, -0.15) is 0 Å². The Morgan fingerprint density at radius 3 is 2.30 bits per heavy atom. The second-order valence-corrected chi connectivity index (χ2v) is 9.30. The SMILES string of the molecule is CCCCN1CCC(c2ccc(C[Si](OC)(OC)OC)cc2)C1. The van der Waals surface area contributed by atoms with Gasteiger partial charge in [0.25, 0.3) is 0 Å². The predicted octanol–water partition coefficient (Wildman–Crippen LogP) is 3.24. The predicted molar refractivity (Wildman–Crippen MR) is 95.6 cm³/mol. The lowest BCUT2D eigenvalue weighted by Crippen LogP contribution is -2.45. The Kier molecular flexibility index (Phi) is 7.24. The van der Waals surface area contributed by atoms with E-state index in [1.54, 1.807) is 21.3 Å². The average Bonchev–Trinajstić information content (AvgIpc) is 3.07. The summed E-state index contributed by atoms with van der Waals surface area (Å²) in [5.74, 6) is 0.676. The Bertz CT molecular complexity index is 454. The Labute approximate surface area is 142 Å². The number of hydrogen-bond acceptors (Lipinski definition) is 4. The van der Waals surface area contributed by atoms with Gasteiger partial charge >= 0.3 is 8.80 Å². The van der Waals surface area contributed by atoms with E-state index in [2.05, 4.69) is 36.1 Å². The van der Waals surface area contributed by atoms with Gasteiger partial charge in [-0.05, 0) is 43.0 Å². The van der Waals surface area contributed by atoms with Crippen LogP contribution in [0.15, 0.2) is 24.3 Å². The first-order chi connectivity index (χ1) is 11.2. The van der Waals surface area contributed by atoms with Gasteiger partial charge in [-0.3, -0.25) is 0 Å². The first-order valence-electron chi connectivity index (χ1n) is 8.63. The van der Waals surface area contributed by atoms with Crippen molar-refractivity contribution in [1.82, 2.24) is 4.90 Å². The quantitative estimate of drug-likeness (QED) is 0.647. The summed E-state index contributed by atoms with van der Waals surface area (Å²) in [6.45, 7) is 5.94. The zero-order valence-electron chi connectivity index (χ0n) is 15.0. The van der Waals surface area contributed by atoms with Crippen molar-refractivity contribution >= 4 is 8.80 Å². The monoisotopic (exact) mass is 337 g/mol. The number of likely N-dealkylation sites (tertiary alicyclic amines) is 1. The van der Waals surface area contributed by atoms with Gasteiger partial charge in [-0.15, -0.1) is 0 Å². The van der Waals surface area contributed by atoms with Gasteiger partial charge in [0.05, 0.1) is 0 Å². The number of unbranched alkanes of at least 4 members (excludes halogenated alkanes) is 1. The van der Waals surface area contributed by atoms with Gasteiger partial charge in [0.1, 0.15) is 0 Å². The smallest absolute Gasteiger partial charge is 0.377 e. The Balaban J connectivity index is 1.95. The van der Waals surface area contributed by atoms with Crippen molar-refractivity contribution in [3.63, 3.8) is 0 Å². The van der Waals surface area contributed by atoms with Gasteiger partial charge in [0.15, 0.2) is 0 Å². The summed E-state index contributed by atoms with van der Waals surface area (Å²) >= 11 is 0. The van der Waals surface area contributed by atoms with E-state index in [1.165, 1.54) is 50.0 Å². The fraction of sp³-hybridized carbons (Fsp3) is 0.667. The number of nitrogens with zero attached hydrogens (tertiary/aromatic N) is 1. The van der Waals surface area contributed by atoms with Crippen molar-refractivity contribution in [3.8, 4) is 0 Å². The van der Waals surface area contributed by atoms with Gasteiger partial charge in [0.2, 0.25) is 0 Å². The van der Waals surface area contributed by atoms with Crippen LogP contribution < -0.4 is 0 Å². The van der Waals surface area contributed by atoms with Gasteiger partial charge < -0.3 is 18.2 Å². The van der Waals surface area contributed by atoms with Crippen LogP contribution in [0, 0.1) is 0 Å². The maximum atomic E-state index is 5.51. The topological polar surface area (TPSA) is 30.9 Å². The third-order valence-corrected chi connectivity index (χ3v) is 7.61. The Hall–Kier alpha value is -0.723. The third kappa shape index (κ3) is 4.87. The van der Waals surface area contributed by atoms with Crippen LogP contribution in [-0.2, 0) is 19.3 Å². The number of benzene rings is 1. The summed E-state index contributed by atoms with van der Waals surface area (Å²) in [5.41, 5.74) is 2.67. The first-order valence-corrected chi connectivity index (χ1v) is 10.6. The highest BCUT2D eigenvalue weighted by atomic mass is 28.4. The van der Waals surface area contributed by atoms with Crippen molar-refractivity contribution in [2.75, 3.05) is 41.0 Å². The van der Waals surface area contributed by atoms with Gasteiger partial charge in [-0.25, -0.2) is 0 Å². The molecule has 0 saturated carbocycles. The third-order valence-electron chi connectivity index (χ3n) is 4.91. The molecule has 1 atom stereocenters. The molecule has 0 amide bonds. The average molecular weight is 338 g/mol. The lowest BCUT2D eigenvalue weighted by Gasteiger charge is -2.24. The van der Waals surface area contributed by atoms with Crippen LogP contribution >= 0.6 is 0 Å². The van der Waals surface area contributed by atoms with Crippen LogP contribution in [0.4, 0.5) is 0 Å². The molecule has 0 spiro atoms. The minimum atomic E-state index is -2.54. The van der Waals surface area contributed by atoms with E-state index < -0.39 is 8.80 Å². The summed E-state index contributed by atoms with van der Waals surface area (Å²) in [6, 6.07) is 9.64. The molecule has 4 nitrogen and oxygen atoms in total. The maximum absolute atomic E-state index is 5.51. The molecular weight excluding hydrogens is 306 g/mol. The van der Waals surface area contributed by atoms with E-state index >= 15 is 0 Å². The number of rotatable bonds is 9. The molecule has 0 aliphatic carbocycles. The van der Waals surface area contributed by atoms with Crippen LogP contribution in [0.3, 0.4) is 0 Å². The molecule has 1 saturated heterocycles. The largest absolute Gasteiger partial charge is 0.504 e. The summed E-state index contributed by atoms with van der Waals surface area (Å²) in [6.07, 6.45) is 3.86. The zero-order valence-corrected chi connectivity index (χ0v) is 16.0. The molecule has 0 aromatic heterocycles. The minimum absolute atomic E-state index is 0.676. The Morgan fingerprint density at radius 2 is 1.74 bits per heavy atom.